The van der Waals surface area contributed by atoms with E-state index in [0.29, 0.717) is 6.04 Å². The summed E-state index contributed by atoms with van der Waals surface area (Å²) in [6.07, 6.45) is 5.83. The summed E-state index contributed by atoms with van der Waals surface area (Å²) in [5.74, 6) is 0.0965. The number of carbonyl (C=O) groups is 1. The van der Waals surface area contributed by atoms with Gasteiger partial charge in [0.1, 0.15) is 0 Å². The standard InChI is InChI=1S/C20H23ClN2OS/c1-22(2)15-6-5-13-23(14-15)20(24)12-10-16-9-11-19(25-16)17-7-3-4-8-18(17)21/h3-4,7-12,15H,5-6,13-14H2,1-2H3/b12-10+. The molecule has 2 heterocycles. The number of amides is 1. The Labute approximate surface area is 158 Å². The van der Waals surface area contributed by atoms with Gasteiger partial charge in [-0.05, 0) is 51.2 Å². The van der Waals surface area contributed by atoms with Gasteiger partial charge < -0.3 is 9.80 Å². The lowest BCUT2D eigenvalue weighted by atomic mass is 10.0. The molecule has 1 fully saturated rings. The summed E-state index contributed by atoms with van der Waals surface area (Å²) >= 11 is 7.90. The third-order valence-corrected chi connectivity index (χ3v) is 6.01. The average Bonchev–Trinajstić information content (AvgIpc) is 3.09. The molecule has 0 saturated carbocycles. The summed E-state index contributed by atoms with van der Waals surface area (Å²) in [4.78, 5) is 18.8. The van der Waals surface area contributed by atoms with Crippen LogP contribution in [0.5, 0.6) is 0 Å². The molecule has 1 saturated heterocycles. The highest BCUT2D eigenvalue weighted by molar-refractivity contribution is 7.16. The van der Waals surface area contributed by atoms with Crippen LogP contribution in [-0.2, 0) is 4.79 Å². The molecule has 5 heteroatoms. The molecule has 0 aliphatic carbocycles. The molecule has 0 N–H and O–H groups in total. The first kappa shape index (κ1) is 18.2. The lowest BCUT2D eigenvalue weighted by Crippen LogP contribution is -2.47. The van der Waals surface area contributed by atoms with E-state index in [1.54, 1.807) is 17.4 Å². The van der Waals surface area contributed by atoms with Crippen molar-refractivity contribution in [1.82, 2.24) is 9.80 Å². The van der Waals surface area contributed by atoms with E-state index < -0.39 is 0 Å². The number of thiophene rings is 1. The highest BCUT2D eigenvalue weighted by atomic mass is 35.5. The van der Waals surface area contributed by atoms with Crippen LogP contribution in [0.1, 0.15) is 17.7 Å². The molecule has 1 atom stereocenters. The van der Waals surface area contributed by atoms with Crippen molar-refractivity contribution in [2.45, 2.75) is 18.9 Å². The van der Waals surface area contributed by atoms with Crippen molar-refractivity contribution in [3.8, 4) is 10.4 Å². The number of benzene rings is 1. The summed E-state index contributed by atoms with van der Waals surface area (Å²) < 4.78 is 0. The first-order valence-electron chi connectivity index (χ1n) is 8.53. The van der Waals surface area contributed by atoms with Crippen LogP contribution in [0.15, 0.2) is 42.5 Å². The Bertz CT molecular complexity index is 769. The van der Waals surface area contributed by atoms with Gasteiger partial charge in [-0.3, -0.25) is 4.79 Å². The van der Waals surface area contributed by atoms with Gasteiger partial charge in [0.15, 0.2) is 0 Å². The van der Waals surface area contributed by atoms with Gasteiger partial charge in [-0.15, -0.1) is 11.3 Å². The Morgan fingerprint density at radius 3 is 2.84 bits per heavy atom. The first-order valence-corrected chi connectivity index (χ1v) is 9.72. The topological polar surface area (TPSA) is 23.6 Å². The quantitative estimate of drug-likeness (QED) is 0.728. The predicted octanol–water partition coefficient (Wildman–Crippen LogP) is 4.63. The van der Waals surface area contributed by atoms with Gasteiger partial charge in [0.2, 0.25) is 5.91 Å². The highest BCUT2D eigenvalue weighted by Crippen LogP contribution is 2.33. The van der Waals surface area contributed by atoms with Crippen LogP contribution < -0.4 is 0 Å². The summed E-state index contributed by atoms with van der Waals surface area (Å²) in [7, 11) is 4.16. The number of nitrogens with zero attached hydrogens (tertiary/aromatic N) is 2. The lowest BCUT2D eigenvalue weighted by molar-refractivity contribution is -0.127. The van der Waals surface area contributed by atoms with Crippen LogP contribution in [0.2, 0.25) is 5.02 Å². The van der Waals surface area contributed by atoms with E-state index in [9.17, 15) is 4.79 Å². The fourth-order valence-electron chi connectivity index (χ4n) is 3.08. The molecule has 0 radical (unpaired) electrons. The molecule has 1 aliphatic heterocycles. The predicted molar refractivity (Wildman–Crippen MR) is 107 cm³/mol. The van der Waals surface area contributed by atoms with E-state index in [-0.39, 0.29) is 5.91 Å². The van der Waals surface area contributed by atoms with Crippen molar-refractivity contribution in [3.63, 3.8) is 0 Å². The number of piperidine rings is 1. The second-order valence-corrected chi connectivity index (χ2v) is 8.08. The molecule has 1 unspecified atom stereocenters. The largest absolute Gasteiger partial charge is 0.338 e. The van der Waals surface area contributed by atoms with Crippen molar-refractivity contribution in [1.29, 1.82) is 0 Å². The maximum atomic E-state index is 12.5. The number of carbonyl (C=O) groups excluding carboxylic acids is 1. The molecule has 25 heavy (non-hydrogen) atoms. The fraction of sp³-hybridized carbons (Fsp3) is 0.350. The van der Waals surface area contributed by atoms with Crippen LogP contribution >= 0.6 is 22.9 Å². The Hall–Kier alpha value is -1.62. The van der Waals surface area contributed by atoms with Crippen molar-refractivity contribution in [2.75, 3.05) is 27.2 Å². The molecule has 0 bridgehead atoms. The van der Waals surface area contributed by atoms with E-state index in [2.05, 4.69) is 25.1 Å². The van der Waals surface area contributed by atoms with Gasteiger partial charge in [-0.1, -0.05) is 29.8 Å². The monoisotopic (exact) mass is 374 g/mol. The van der Waals surface area contributed by atoms with Gasteiger partial charge in [0, 0.05) is 45.5 Å². The number of rotatable bonds is 4. The van der Waals surface area contributed by atoms with E-state index >= 15 is 0 Å². The van der Waals surface area contributed by atoms with E-state index in [4.69, 9.17) is 11.6 Å². The van der Waals surface area contributed by atoms with Crippen LogP contribution in [0.4, 0.5) is 0 Å². The lowest BCUT2D eigenvalue weighted by Gasteiger charge is -2.35. The number of hydrogen-bond acceptors (Lipinski definition) is 3. The Kier molecular flexibility index (Phi) is 5.94. The number of hydrogen-bond donors (Lipinski definition) is 0. The molecular weight excluding hydrogens is 352 g/mol. The zero-order chi connectivity index (χ0) is 17.8. The van der Waals surface area contributed by atoms with Crippen LogP contribution in [-0.4, -0.2) is 48.9 Å². The summed E-state index contributed by atoms with van der Waals surface area (Å²) in [6, 6.07) is 12.4. The maximum Gasteiger partial charge on any atom is 0.246 e. The smallest absolute Gasteiger partial charge is 0.246 e. The van der Waals surface area contributed by atoms with Gasteiger partial charge in [0.25, 0.3) is 0 Å². The fourth-order valence-corrected chi connectivity index (χ4v) is 4.33. The van der Waals surface area contributed by atoms with Crippen LogP contribution in [0.3, 0.4) is 0 Å². The normalized spacial score (nSPS) is 18.2. The van der Waals surface area contributed by atoms with Crippen molar-refractivity contribution >= 4 is 34.9 Å². The Morgan fingerprint density at radius 2 is 2.08 bits per heavy atom. The van der Waals surface area contributed by atoms with E-state index in [1.807, 2.05) is 41.3 Å². The SMILES string of the molecule is CN(C)C1CCCN(C(=O)/C=C/c2ccc(-c3ccccc3Cl)s2)C1. The highest BCUT2D eigenvalue weighted by Gasteiger charge is 2.23. The Balaban J connectivity index is 1.66. The first-order chi connectivity index (χ1) is 12.0. The Morgan fingerprint density at radius 1 is 1.28 bits per heavy atom. The van der Waals surface area contributed by atoms with Crippen LogP contribution in [0.25, 0.3) is 16.5 Å². The third-order valence-electron chi connectivity index (χ3n) is 4.59. The number of likely N-dealkylation sites (tertiary alicyclic amines) is 1. The molecule has 132 valence electrons. The van der Waals surface area contributed by atoms with Gasteiger partial charge in [-0.2, -0.15) is 0 Å². The maximum absolute atomic E-state index is 12.5. The van der Waals surface area contributed by atoms with E-state index in [0.717, 1.165) is 46.3 Å². The summed E-state index contributed by atoms with van der Waals surface area (Å²) in [5, 5.41) is 0.749. The zero-order valence-electron chi connectivity index (χ0n) is 14.6. The second-order valence-electron chi connectivity index (χ2n) is 6.56. The molecule has 1 aliphatic rings. The van der Waals surface area contributed by atoms with Gasteiger partial charge >= 0.3 is 0 Å². The number of halogens is 1. The molecule has 0 spiro atoms. The molecule has 1 aromatic heterocycles. The molecular formula is C20H23ClN2OS. The molecule has 3 rings (SSSR count). The van der Waals surface area contributed by atoms with Gasteiger partial charge in [0.05, 0.1) is 0 Å². The minimum atomic E-state index is 0.0965. The summed E-state index contributed by atoms with van der Waals surface area (Å²) in [5.41, 5.74) is 1.03. The molecule has 2 aromatic rings. The van der Waals surface area contributed by atoms with Crippen LogP contribution in [0, 0.1) is 0 Å². The van der Waals surface area contributed by atoms with Crippen molar-refractivity contribution < 1.29 is 4.79 Å². The summed E-state index contributed by atoms with van der Waals surface area (Å²) in [6.45, 7) is 1.66. The average molecular weight is 375 g/mol. The second kappa shape index (κ2) is 8.17. The molecule has 1 aromatic carbocycles. The molecule has 3 nitrogen and oxygen atoms in total. The molecule has 1 amide bonds. The third kappa shape index (κ3) is 4.51. The van der Waals surface area contributed by atoms with E-state index in [1.165, 1.54) is 0 Å². The minimum Gasteiger partial charge on any atom is -0.338 e. The zero-order valence-corrected chi connectivity index (χ0v) is 16.2. The van der Waals surface area contributed by atoms with Crippen molar-refractivity contribution in [2.24, 2.45) is 0 Å². The number of likely N-dealkylation sites (N-methyl/N-ethyl adjacent to an activating group) is 1. The van der Waals surface area contributed by atoms with Crippen molar-refractivity contribution in [3.05, 3.63) is 52.4 Å². The van der Waals surface area contributed by atoms with Gasteiger partial charge in [-0.25, -0.2) is 0 Å². The minimum absolute atomic E-state index is 0.0965.